The molecule has 0 saturated carbocycles. The quantitative estimate of drug-likeness (QED) is 0.325. The number of nitrogens with zero attached hydrogens (tertiary/aromatic N) is 3. The third-order valence-corrected chi connectivity index (χ3v) is 4.74. The monoisotopic (exact) mass is 498 g/mol. The van der Waals surface area contributed by atoms with Crippen molar-refractivity contribution in [3.8, 4) is 0 Å². The van der Waals surface area contributed by atoms with Gasteiger partial charge in [0.15, 0.2) is 5.96 Å². The van der Waals surface area contributed by atoms with Gasteiger partial charge < -0.3 is 20.5 Å². The van der Waals surface area contributed by atoms with Gasteiger partial charge in [-0.25, -0.2) is 4.98 Å². The normalized spacial score (nSPS) is 17.1. The summed E-state index contributed by atoms with van der Waals surface area (Å²) in [7, 11) is 0. The highest BCUT2D eigenvalue weighted by molar-refractivity contribution is 14.0. The number of hydrogen-bond donors (Lipinski definition) is 3. The molecule has 0 spiro atoms. The molecule has 2 aromatic rings. The van der Waals surface area contributed by atoms with Gasteiger partial charge in [-0.05, 0) is 25.5 Å². The largest absolute Gasteiger partial charge is 0.357 e. The highest BCUT2D eigenvalue weighted by atomic mass is 127. The lowest BCUT2D eigenvalue weighted by Crippen LogP contribution is -2.45. The van der Waals surface area contributed by atoms with Crippen LogP contribution in [0.2, 0.25) is 0 Å². The van der Waals surface area contributed by atoms with Crippen molar-refractivity contribution in [2.75, 3.05) is 26.2 Å². The topological polar surface area (TPSA) is 85.4 Å². The standard InChI is InChI=1S/C20H30N6O.HI/c1-4-21-20(23-15-10-12-26(13-15)19(27)14(2)3)22-11-9-18-24-16-7-5-6-8-17(16)25-18;/h5-8,14-15H,4,9-13H2,1-3H3,(H,24,25)(H2,21,22,23);1H. The fourth-order valence-corrected chi connectivity index (χ4v) is 3.35. The van der Waals surface area contributed by atoms with Gasteiger partial charge in [-0.3, -0.25) is 9.79 Å². The molecule has 1 amide bonds. The lowest BCUT2D eigenvalue weighted by molar-refractivity contribution is -0.133. The Morgan fingerprint density at radius 2 is 2.18 bits per heavy atom. The van der Waals surface area contributed by atoms with E-state index in [1.807, 2.05) is 43.0 Å². The average Bonchev–Trinajstić information content (AvgIpc) is 3.27. The number of hydrogen-bond acceptors (Lipinski definition) is 3. The predicted octanol–water partition coefficient (Wildman–Crippen LogP) is 2.54. The lowest BCUT2D eigenvalue weighted by atomic mass is 10.2. The van der Waals surface area contributed by atoms with Crippen LogP contribution in [-0.4, -0.2) is 59.0 Å². The first-order valence-corrected chi connectivity index (χ1v) is 9.84. The molecule has 1 saturated heterocycles. The summed E-state index contributed by atoms with van der Waals surface area (Å²) in [5, 5.41) is 6.76. The van der Waals surface area contributed by atoms with Crippen LogP contribution in [-0.2, 0) is 11.2 Å². The van der Waals surface area contributed by atoms with Crippen LogP contribution in [0.4, 0.5) is 0 Å². The molecular weight excluding hydrogens is 467 g/mol. The number of aromatic amines is 1. The first-order chi connectivity index (χ1) is 13.1. The highest BCUT2D eigenvalue weighted by Gasteiger charge is 2.27. The van der Waals surface area contributed by atoms with E-state index in [0.717, 1.165) is 55.3 Å². The van der Waals surface area contributed by atoms with Crippen LogP contribution in [0.1, 0.15) is 33.0 Å². The summed E-state index contributed by atoms with van der Waals surface area (Å²) in [5.41, 5.74) is 2.05. The number of carbonyl (C=O) groups is 1. The van der Waals surface area contributed by atoms with Crippen LogP contribution in [0, 0.1) is 5.92 Å². The zero-order chi connectivity index (χ0) is 19.2. The number of nitrogens with one attached hydrogen (secondary N) is 3. The van der Waals surface area contributed by atoms with Crippen LogP contribution in [0.15, 0.2) is 29.3 Å². The van der Waals surface area contributed by atoms with Crippen molar-refractivity contribution in [3.05, 3.63) is 30.1 Å². The molecule has 1 unspecified atom stereocenters. The molecule has 0 bridgehead atoms. The number of aromatic nitrogens is 2. The van der Waals surface area contributed by atoms with Gasteiger partial charge in [0.1, 0.15) is 5.82 Å². The molecule has 1 fully saturated rings. The summed E-state index contributed by atoms with van der Waals surface area (Å²) in [6, 6.07) is 8.29. The smallest absolute Gasteiger partial charge is 0.225 e. The predicted molar refractivity (Wildman–Crippen MR) is 124 cm³/mol. The number of guanidine groups is 1. The van der Waals surface area contributed by atoms with E-state index >= 15 is 0 Å². The maximum Gasteiger partial charge on any atom is 0.225 e. The Labute approximate surface area is 183 Å². The number of amides is 1. The zero-order valence-electron chi connectivity index (χ0n) is 16.9. The minimum absolute atomic E-state index is 0. The molecule has 1 aliphatic rings. The molecule has 8 heteroatoms. The fourth-order valence-electron chi connectivity index (χ4n) is 3.35. The van der Waals surface area contributed by atoms with Crippen molar-refractivity contribution in [1.82, 2.24) is 25.5 Å². The van der Waals surface area contributed by atoms with Crippen LogP contribution in [0.5, 0.6) is 0 Å². The second-order valence-electron chi connectivity index (χ2n) is 7.28. The van der Waals surface area contributed by atoms with E-state index in [1.54, 1.807) is 0 Å². The highest BCUT2D eigenvalue weighted by Crippen LogP contribution is 2.13. The third-order valence-electron chi connectivity index (χ3n) is 4.74. The molecule has 0 aliphatic carbocycles. The number of H-pyrrole nitrogens is 1. The average molecular weight is 498 g/mol. The molecule has 3 N–H and O–H groups in total. The van der Waals surface area contributed by atoms with Crippen molar-refractivity contribution in [3.63, 3.8) is 0 Å². The van der Waals surface area contributed by atoms with Gasteiger partial charge in [-0.1, -0.05) is 26.0 Å². The van der Waals surface area contributed by atoms with Crippen LogP contribution in [0.25, 0.3) is 11.0 Å². The van der Waals surface area contributed by atoms with E-state index in [9.17, 15) is 4.79 Å². The number of imidazole rings is 1. The molecule has 7 nitrogen and oxygen atoms in total. The van der Waals surface area contributed by atoms with E-state index in [4.69, 9.17) is 0 Å². The minimum atomic E-state index is 0. The van der Waals surface area contributed by atoms with Gasteiger partial charge in [0.25, 0.3) is 0 Å². The molecule has 28 heavy (non-hydrogen) atoms. The third kappa shape index (κ3) is 5.83. The fraction of sp³-hybridized carbons (Fsp3) is 0.550. The SMILES string of the molecule is CCNC(=NCCc1nc2ccccc2[nH]1)NC1CCN(C(=O)C(C)C)C1.I. The van der Waals surface area contributed by atoms with Gasteiger partial charge >= 0.3 is 0 Å². The summed E-state index contributed by atoms with van der Waals surface area (Å²) in [6.45, 7) is 8.96. The summed E-state index contributed by atoms with van der Waals surface area (Å²) in [6.07, 6.45) is 1.71. The molecule has 3 rings (SSSR count). The van der Waals surface area contributed by atoms with Crippen molar-refractivity contribution in [1.29, 1.82) is 0 Å². The number of carbonyl (C=O) groups excluding carboxylic acids is 1. The number of halogens is 1. The van der Waals surface area contributed by atoms with E-state index < -0.39 is 0 Å². The van der Waals surface area contributed by atoms with Crippen LogP contribution in [0.3, 0.4) is 0 Å². The van der Waals surface area contributed by atoms with E-state index in [2.05, 4.69) is 32.5 Å². The Morgan fingerprint density at radius 1 is 1.39 bits per heavy atom. The number of benzene rings is 1. The number of fused-ring (bicyclic) bond motifs is 1. The number of para-hydroxylation sites is 2. The van der Waals surface area contributed by atoms with E-state index in [0.29, 0.717) is 6.54 Å². The number of rotatable bonds is 6. The van der Waals surface area contributed by atoms with Crippen molar-refractivity contribution in [2.24, 2.45) is 10.9 Å². The van der Waals surface area contributed by atoms with Gasteiger partial charge in [0.05, 0.1) is 11.0 Å². The van der Waals surface area contributed by atoms with Gasteiger partial charge in [0, 0.05) is 44.6 Å². The minimum Gasteiger partial charge on any atom is -0.357 e. The summed E-state index contributed by atoms with van der Waals surface area (Å²) in [4.78, 5) is 26.7. The van der Waals surface area contributed by atoms with Crippen LogP contribution < -0.4 is 10.6 Å². The van der Waals surface area contributed by atoms with Gasteiger partial charge in [-0.15, -0.1) is 24.0 Å². The van der Waals surface area contributed by atoms with Crippen molar-refractivity contribution < 1.29 is 4.79 Å². The Bertz CT molecular complexity index is 770. The lowest BCUT2D eigenvalue weighted by Gasteiger charge is -2.20. The van der Waals surface area contributed by atoms with Gasteiger partial charge in [-0.2, -0.15) is 0 Å². The Kier molecular flexibility index (Phi) is 8.53. The molecule has 154 valence electrons. The van der Waals surface area contributed by atoms with Crippen molar-refractivity contribution in [2.45, 2.75) is 39.7 Å². The number of likely N-dealkylation sites (tertiary alicyclic amines) is 1. The molecule has 1 aromatic carbocycles. The van der Waals surface area contributed by atoms with Gasteiger partial charge in [0.2, 0.25) is 5.91 Å². The second-order valence-corrected chi connectivity index (χ2v) is 7.28. The Morgan fingerprint density at radius 3 is 2.89 bits per heavy atom. The molecule has 1 aromatic heterocycles. The van der Waals surface area contributed by atoms with E-state index in [1.165, 1.54) is 0 Å². The zero-order valence-corrected chi connectivity index (χ0v) is 19.2. The number of aliphatic imine (C=N–C) groups is 1. The summed E-state index contributed by atoms with van der Waals surface area (Å²) >= 11 is 0. The summed E-state index contributed by atoms with van der Waals surface area (Å²) < 4.78 is 0. The molecule has 0 radical (unpaired) electrons. The Balaban J connectivity index is 0.00000280. The first-order valence-electron chi connectivity index (χ1n) is 9.84. The Hall–Kier alpha value is -1.84. The first kappa shape index (κ1) is 22.4. The van der Waals surface area contributed by atoms with Crippen LogP contribution >= 0.6 is 24.0 Å². The molecule has 2 heterocycles. The molecule has 1 atom stereocenters. The summed E-state index contributed by atoms with van der Waals surface area (Å²) in [5.74, 6) is 2.03. The van der Waals surface area contributed by atoms with Crippen molar-refractivity contribution >= 4 is 46.9 Å². The van der Waals surface area contributed by atoms with E-state index in [-0.39, 0.29) is 41.8 Å². The molecular formula is C20H31IN6O. The maximum absolute atomic E-state index is 12.1. The molecule has 1 aliphatic heterocycles. The second kappa shape index (κ2) is 10.6. The maximum atomic E-state index is 12.1.